The Morgan fingerprint density at radius 3 is 2.58 bits per heavy atom. The maximum absolute atomic E-state index is 12.1. The van der Waals surface area contributed by atoms with Crippen molar-refractivity contribution < 1.29 is 9.90 Å². The fourth-order valence-corrected chi connectivity index (χ4v) is 2.79. The van der Waals surface area contributed by atoms with Gasteiger partial charge in [-0.25, -0.2) is 0 Å². The van der Waals surface area contributed by atoms with Gasteiger partial charge < -0.3 is 15.3 Å². The second kappa shape index (κ2) is 8.51. The van der Waals surface area contributed by atoms with Gasteiger partial charge in [0, 0.05) is 43.7 Å². The van der Waals surface area contributed by atoms with Gasteiger partial charge in [-0.05, 0) is 39.8 Å². The molecule has 1 heterocycles. The van der Waals surface area contributed by atoms with Crippen LogP contribution in [0.3, 0.4) is 0 Å². The Labute approximate surface area is 154 Å². The Kier molecular flexibility index (Phi) is 6.38. The first-order chi connectivity index (χ1) is 12.4. The average Bonchev–Trinajstić information content (AvgIpc) is 2.84. The van der Waals surface area contributed by atoms with Crippen LogP contribution in [0.1, 0.15) is 30.8 Å². The van der Waals surface area contributed by atoms with Crippen LogP contribution >= 0.6 is 0 Å². The van der Waals surface area contributed by atoms with E-state index in [2.05, 4.69) is 34.2 Å². The number of phenolic OH excluding ortho intramolecular Hbond substituents is 1. The summed E-state index contributed by atoms with van der Waals surface area (Å²) < 4.78 is 1.73. The van der Waals surface area contributed by atoms with Crippen LogP contribution in [-0.4, -0.2) is 46.6 Å². The number of rotatable bonds is 7. The molecule has 7 heteroatoms. The molecule has 140 valence electrons. The zero-order valence-corrected chi connectivity index (χ0v) is 16.1. The van der Waals surface area contributed by atoms with Crippen LogP contribution in [0.5, 0.6) is 5.75 Å². The number of phenols is 1. The van der Waals surface area contributed by atoms with Crippen molar-refractivity contribution in [2.24, 2.45) is 12.0 Å². The number of aromatic nitrogens is 2. The van der Waals surface area contributed by atoms with E-state index in [4.69, 9.17) is 0 Å². The minimum atomic E-state index is -0.222. The molecule has 2 aromatic rings. The van der Waals surface area contributed by atoms with E-state index < -0.39 is 0 Å². The van der Waals surface area contributed by atoms with Crippen LogP contribution in [0.4, 0.5) is 11.4 Å². The number of carbonyl (C=O) groups is 1. The standard InChI is InChI=1S/C19H27N5O2/c1-6-24(7-2)16-9-8-15(17(25)10-16)11-20-12-18(26)21-19-13(3)22-23(5)14(19)4/h8-11,25H,6-7,12H2,1-5H3,(H,21,26). The quantitative estimate of drug-likeness (QED) is 0.746. The van der Waals surface area contributed by atoms with Crippen LogP contribution in [0.25, 0.3) is 0 Å². The molecule has 26 heavy (non-hydrogen) atoms. The van der Waals surface area contributed by atoms with Gasteiger partial charge in [0.2, 0.25) is 5.91 Å². The third-order valence-corrected chi connectivity index (χ3v) is 4.38. The predicted octanol–water partition coefficient (Wildman–Crippen LogP) is 2.65. The number of amides is 1. The van der Waals surface area contributed by atoms with E-state index in [0.29, 0.717) is 5.56 Å². The molecule has 1 aromatic carbocycles. The Morgan fingerprint density at radius 2 is 2.04 bits per heavy atom. The highest BCUT2D eigenvalue weighted by atomic mass is 16.3. The summed E-state index contributed by atoms with van der Waals surface area (Å²) in [5, 5.41) is 17.3. The predicted molar refractivity (Wildman–Crippen MR) is 105 cm³/mol. The molecule has 2 rings (SSSR count). The molecule has 0 bridgehead atoms. The van der Waals surface area contributed by atoms with E-state index in [1.807, 2.05) is 27.0 Å². The lowest BCUT2D eigenvalue weighted by molar-refractivity contribution is -0.114. The maximum Gasteiger partial charge on any atom is 0.246 e. The van der Waals surface area contributed by atoms with Crippen LogP contribution in [0.15, 0.2) is 23.2 Å². The number of anilines is 2. The molecular formula is C19H27N5O2. The Hall–Kier alpha value is -2.83. The molecule has 0 aliphatic heterocycles. The van der Waals surface area contributed by atoms with Gasteiger partial charge in [0.15, 0.2) is 0 Å². The lowest BCUT2D eigenvalue weighted by Crippen LogP contribution is -2.21. The number of aliphatic imine (C=N–C) groups is 1. The van der Waals surface area contributed by atoms with Gasteiger partial charge in [0.05, 0.1) is 17.1 Å². The van der Waals surface area contributed by atoms with Crippen molar-refractivity contribution in [3.05, 3.63) is 35.2 Å². The molecule has 0 unspecified atom stereocenters. The summed E-state index contributed by atoms with van der Waals surface area (Å²) in [5.41, 5.74) is 3.93. The second-order valence-corrected chi connectivity index (χ2v) is 6.10. The maximum atomic E-state index is 12.1. The smallest absolute Gasteiger partial charge is 0.246 e. The molecule has 0 saturated carbocycles. The lowest BCUT2D eigenvalue weighted by Gasteiger charge is -2.21. The van der Waals surface area contributed by atoms with E-state index >= 15 is 0 Å². The highest BCUT2D eigenvalue weighted by Crippen LogP contribution is 2.23. The van der Waals surface area contributed by atoms with Crippen molar-refractivity contribution in [2.75, 3.05) is 29.9 Å². The molecule has 2 N–H and O–H groups in total. The molecule has 0 saturated heterocycles. The first-order valence-corrected chi connectivity index (χ1v) is 8.75. The molecule has 1 aromatic heterocycles. The van der Waals surface area contributed by atoms with Crippen molar-refractivity contribution in [1.82, 2.24) is 9.78 Å². The SMILES string of the molecule is CCN(CC)c1ccc(C=NCC(=O)Nc2c(C)nn(C)c2C)c(O)c1. The molecule has 0 spiro atoms. The molecule has 0 atom stereocenters. The van der Waals surface area contributed by atoms with Crippen LogP contribution in [-0.2, 0) is 11.8 Å². The minimum absolute atomic E-state index is 0.0228. The summed E-state index contributed by atoms with van der Waals surface area (Å²) in [4.78, 5) is 18.4. The monoisotopic (exact) mass is 357 g/mol. The summed E-state index contributed by atoms with van der Waals surface area (Å²) in [7, 11) is 1.83. The summed E-state index contributed by atoms with van der Waals surface area (Å²) in [6, 6.07) is 5.47. The number of benzene rings is 1. The normalized spacial score (nSPS) is 11.1. The van der Waals surface area contributed by atoms with Crippen LogP contribution < -0.4 is 10.2 Å². The first kappa shape index (κ1) is 19.5. The Balaban J connectivity index is 2.00. The highest BCUT2D eigenvalue weighted by molar-refractivity contribution is 5.95. The largest absolute Gasteiger partial charge is 0.507 e. The highest BCUT2D eigenvalue weighted by Gasteiger charge is 2.12. The van der Waals surface area contributed by atoms with Crippen molar-refractivity contribution in [3.8, 4) is 5.75 Å². The Bertz CT molecular complexity index is 807. The fraction of sp³-hybridized carbons (Fsp3) is 0.421. The molecule has 7 nitrogen and oxygen atoms in total. The van der Waals surface area contributed by atoms with Crippen LogP contribution in [0, 0.1) is 13.8 Å². The third kappa shape index (κ3) is 4.41. The molecule has 1 amide bonds. The van der Waals surface area contributed by atoms with Gasteiger partial charge in [-0.3, -0.25) is 14.5 Å². The first-order valence-electron chi connectivity index (χ1n) is 8.75. The number of aryl methyl sites for hydroxylation is 2. The van der Waals surface area contributed by atoms with E-state index in [-0.39, 0.29) is 18.2 Å². The van der Waals surface area contributed by atoms with Crippen LogP contribution in [0.2, 0.25) is 0 Å². The molecular weight excluding hydrogens is 330 g/mol. The van der Waals surface area contributed by atoms with Gasteiger partial charge in [0.25, 0.3) is 0 Å². The van der Waals surface area contributed by atoms with Crippen molar-refractivity contribution in [3.63, 3.8) is 0 Å². The number of hydrogen-bond donors (Lipinski definition) is 2. The summed E-state index contributed by atoms with van der Waals surface area (Å²) in [6.07, 6.45) is 1.52. The lowest BCUT2D eigenvalue weighted by atomic mass is 10.2. The molecule has 0 radical (unpaired) electrons. The number of nitrogens with zero attached hydrogens (tertiary/aromatic N) is 4. The van der Waals surface area contributed by atoms with Gasteiger partial charge in [-0.1, -0.05) is 0 Å². The Morgan fingerprint density at radius 1 is 1.35 bits per heavy atom. The van der Waals surface area contributed by atoms with E-state index in [1.54, 1.807) is 16.8 Å². The van der Waals surface area contributed by atoms with E-state index in [1.165, 1.54) is 6.21 Å². The van der Waals surface area contributed by atoms with Crippen molar-refractivity contribution >= 4 is 23.5 Å². The average molecular weight is 357 g/mol. The molecule has 0 aliphatic rings. The number of aromatic hydroxyl groups is 1. The number of hydrogen-bond acceptors (Lipinski definition) is 5. The zero-order valence-electron chi connectivity index (χ0n) is 16.1. The second-order valence-electron chi connectivity index (χ2n) is 6.10. The summed E-state index contributed by atoms with van der Waals surface area (Å²) >= 11 is 0. The molecule has 0 aliphatic carbocycles. The van der Waals surface area contributed by atoms with Gasteiger partial charge in [-0.15, -0.1) is 0 Å². The van der Waals surface area contributed by atoms with Gasteiger partial charge in [0.1, 0.15) is 12.3 Å². The van der Waals surface area contributed by atoms with E-state index in [0.717, 1.165) is 35.9 Å². The van der Waals surface area contributed by atoms with Crippen molar-refractivity contribution in [2.45, 2.75) is 27.7 Å². The van der Waals surface area contributed by atoms with Gasteiger partial charge in [-0.2, -0.15) is 5.10 Å². The number of nitrogens with one attached hydrogen (secondary N) is 1. The third-order valence-electron chi connectivity index (χ3n) is 4.38. The topological polar surface area (TPSA) is 82.8 Å². The summed E-state index contributed by atoms with van der Waals surface area (Å²) in [5.74, 6) is -0.0720. The van der Waals surface area contributed by atoms with Gasteiger partial charge >= 0.3 is 0 Å². The summed E-state index contributed by atoms with van der Waals surface area (Å²) in [6.45, 7) is 9.61. The molecule has 0 fully saturated rings. The van der Waals surface area contributed by atoms with Crippen molar-refractivity contribution in [1.29, 1.82) is 0 Å². The fourth-order valence-electron chi connectivity index (χ4n) is 2.79. The minimum Gasteiger partial charge on any atom is -0.507 e. The zero-order chi connectivity index (χ0) is 19.3. The van der Waals surface area contributed by atoms with E-state index in [9.17, 15) is 9.90 Å². The number of carbonyl (C=O) groups excluding carboxylic acids is 1.